The first-order chi connectivity index (χ1) is 9.05. The number of nitrogens with two attached hydrogens (primary N) is 1. The van der Waals surface area contributed by atoms with Crippen LogP contribution in [0.25, 0.3) is 0 Å². The minimum atomic E-state index is -0.247. The van der Waals surface area contributed by atoms with Gasteiger partial charge in [0.2, 0.25) is 0 Å². The van der Waals surface area contributed by atoms with E-state index in [1.54, 1.807) is 7.05 Å². The third kappa shape index (κ3) is 2.14. The number of hydrogen-bond acceptors (Lipinski definition) is 2. The Hall–Kier alpha value is -0.770. The zero-order chi connectivity index (χ0) is 13.6. The van der Waals surface area contributed by atoms with Gasteiger partial charge in [0.25, 0.3) is 0 Å². The second-order valence-electron chi connectivity index (χ2n) is 7.28. The molecule has 0 aromatic rings. The predicted octanol–water partition coefficient (Wildman–Crippen LogP) is 1.71. The fourth-order valence-corrected chi connectivity index (χ4v) is 5.56. The maximum absolute atomic E-state index is 11.7. The fraction of sp³-hybridized carbons (Fsp3) is 0.933. The summed E-state index contributed by atoms with van der Waals surface area (Å²) in [5.74, 6) is 4.05. The normalized spacial score (nSPS) is 42.8. The number of urea groups is 1. The van der Waals surface area contributed by atoms with Crippen molar-refractivity contribution in [3.05, 3.63) is 0 Å². The van der Waals surface area contributed by atoms with Gasteiger partial charge in [-0.3, -0.25) is 0 Å². The molecule has 0 saturated heterocycles. The van der Waals surface area contributed by atoms with E-state index in [4.69, 9.17) is 5.73 Å². The van der Waals surface area contributed by atoms with Crippen molar-refractivity contribution in [1.82, 2.24) is 10.6 Å². The molecule has 4 nitrogen and oxygen atoms in total. The number of nitrogens with one attached hydrogen (secondary N) is 2. The molecule has 4 bridgehead atoms. The van der Waals surface area contributed by atoms with Crippen LogP contribution in [0.15, 0.2) is 0 Å². The van der Waals surface area contributed by atoms with Crippen molar-refractivity contribution >= 4 is 6.03 Å². The zero-order valence-corrected chi connectivity index (χ0v) is 12.1. The van der Waals surface area contributed by atoms with Crippen molar-refractivity contribution < 1.29 is 4.79 Å². The van der Waals surface area contributed by atoms with Crippen LogP contribution in [0.3, 0.4) is 0 Å². The molecule has 4 saturated carbocycles. The first kappa shape index (κ1) is 13.2. The van der Waals surface area contributed by atoms with Gasteiger partial charge in [0.05, 0.1) is 5.54 Å². The minimum Gasteiger partial charge on any atom is -0.341 e. The Bertz CT molecular complexity index is 342. The SMILES string of the molecule is CNC(=O)NC(C)(CN)C1C2CC3CC(C2)CC1C3. The molecular weight excluding hydrogens is 238 g/mol. The van der Waals surface area contributed by atoms with Gasteiger partial charge in [-0.05, 0) is 68.6 Å². The predicted molar refractivity (Wildman–Crippen MR) is 75.6 cm³/mol. The summed E-state index contributed by atoms with van der Waals surface area (Å²) < 4.78 is 0. The summed E-state index contributed by atoms with van der Waals surface area (Å²) in [6.45, 7) is 2.68. The topological polar surface area (TPSA) is 67.2 Å². The molecule has 4 N–H and O–H groups in total. The van der Waals surface area contributed by atoms with Crippen LogP contribution in [-0.2, 0) is 0 Å². The Balaban J connectivity index is 1.81. The van der Waals surface area contributed by atoms with Crippen molar-refractivity contribution in [3.63, 3.8) is 0 Å². The monoisotopic (exact) mass is 265 g/mol. The van der Waals surface area contributed by atoms with Crippen LogP contribution in [0, 0.1) is 29.6 Å². The molecule has 2 amide bonds. The second kappa shape index (κ2) is 4.65. The largest absolute Gasteiger partial charge is 0.341 e. The lowest BCUT2D eigenvalue weighted by Crippen LogP contribution is -2.64. The van der Waals surface area contributed by atoms with Crippen LogP contribution in [0.5, 0.6) is 0 Å². The summed E-state index contributed by atoms with van der Waals surface area (Å²) in [5.41, 5.74) is 5.80. The first-order valence-corrected chi connectivity index (χ1v) is 7.75. The molecule has 1 unspecified atom stereocenters. The number of hydrogen-bond donors (Lipinski definition) is 3. The van der Waals surface area contributed by atoms with Gasteiger partial charge in [0.1, 0.15) is 0 Å². The van der Waals surface area contributed by atoms with E-state index in [0.29, 0.717) is 12.5 Å². The van der Waals surface area contributed by atoms with E-state index in [9.17, 15) is 4.79 Å². The summed E-state index contributed by atoms with van der Waals surface area (Å²) in [7, 11) is 1.67. The molecular formula is C15H27N3O. The maximum Gasteiger partial charge on any atom is 0.315 e. The molecule has 4 rings (SSSR count). The average molecular weight is 265 g/mol. The maximum atomic E-state index is 11.7. The third-order valence-corrected chi connectivity index (χ3v) is 6.01. The highest BCUT2D eigenvalue weighted by atomic mass is 16.2. The summed E-state index contributed by atoms with van der Waals surface area (Å²) in [6, 6.07) is -0.0956. The van der Waals surface area contributed by atoms with E-state index < -0.39 is 0 Å². The van der Waals surface area contributed by atoms with Gasteiger partial charge in [-0.25, -0.2) is 4.79 Å². The van der Waals surface area contributed by atoms with Crippen LogP contribution < -0.4 is 16.4 Å². The summed E-state index contributed by atoms with van der Waals surface area (Å²) in [6.07, 6.45) is 6.92. The van der Waals surface area contributed by atoms with Crippen molar-refractivity contribution in [2.24, 2.45) is 35.3 Å². The second-order valence-corrected chi connectivity index (χ2v) is 7.28. The van der Waals surface area contributed by atoms with Crippen LogP contribution >= 0.6 is 0 Å². The van der Waals surface area contributed by atoms with E-state index in [0.717, 1.165) is 23.7 Å². The standard InChI is InChI=1S/C15H27N3O/c1-15(8-16,18-14(19)17-2)13-11-4-9-3-10(6-11)7-12(13)5-9/h9-13H,3-8,16H2,1-2H3,(H2,17,18,19). The van der Waals surface area contributed by atoms with Crippen LogP contribution in [0.2, 0.25) is 0 Å². The van der Waals surface area contributed by atoms with Crippen LogP contribution in [0.4, 0.5) is 4.79 Å². The van der Waals surface area contributed by atoms with E-state index in [-0.39, 0.29) is 11.6 Å². The molecule has 108 valence electrons. The van der Waals surface area contributed by atoms with Crippen LogP contribution in [-0.4, -0.2) is 25.2 Å². The highest BCUT2D eigenvalue weighted by Crippen LogP contribution is 2.58. The average Bonchev–Trinajstić information content (AvgIpc) is 2.37. The van der Waals surface area contributed by atoms with Crippen molar-refractivity contribution in [3.8, 4) is 0 Å². The minimum absolute atomic E-state index is 0.0956. The lowest BCUT2D eigenvalue weighted by atomic mass is 9.48. The smallest absolute Gasteiger partial charge is 0.315 e. The molecule has 4 aliphatic rings. The molecule has 4 fully saturated rings. The fourth-order valence-electron chi connectivity index (χ4n) is 5.56. The van der Waals surface area contributed by atoms with Crippen LogP contribution in [0.1, 0.15) is 39.0 Å². The Labute approximate surface area is 115 Å². The molecule has 0 heterocycles. The Morgan fingerprint density at radius 3 is 2.11 bits per heavy atom. The molecule has 19 heavy (non-hydrogen) atoms. The van der Waals surface area contributed by atoms with E-state index >= 15 is 0 Å². The number of rotatable bonds is 3. The molecule has 4 heteroatoms. The van der Waals surface area contributed by atoms with Gasteiger partial charge in [-0.2, -0.15) is 0 Å². The molecule has 0 aromatic carbocycles. The summed E-state index contributed by atoms with van der Waals surface area (Å²) in [5, 5.41) is 5.82. The summed E-state index contributed by atoms with van der Waals surface area (Å²) >= 11 is 0. The van der Waals surface area contributed by atoms with Crippen molar-refractivity contribution in [2.75, 3.05) is 13.6 Å². The van der Waals surface area contributed by atoms with Gasteiger partial charge in [-0.15, -0.1) is 0 Å². The lowest BCUT2D eigenvalue weighted by molar-refractivity contribution is -0.0696. The molecule has 0 aliphatic heterocycles. The van der Waals surface area contributed by atoms with Gasteiger partial charge in [0.15, 0.2) is 0 Å². The Morgan fingerprint density at radius 2 is 1.68 bits per heavy atom. The molecule has 4 aliphatic carbocycles. The van der Waals surface area contributed by atoms with E-state index in [2.05, 4.69) is 17.6 Å². The zero-order valence-electron chi connectivity index (χ0n) is 12.1. The van der Waals surface area contributed by atoms with E-state index in [1.165, 1.54) is 32.1 Å². The molecule has 0 radical (unpaired) electrons. The number of amides is 2. The van der Waals surface area contributed by atoms with Gasteiger partial charge < -0.3 is 16.4 Å². The van der Waals surface area contributed by atoms with Gasteiger partial charge in [-0.1, -0.05) is 0 Å². The Kier molecular flexibility index (Phi) is 3.24. The van der Waals surface area contributed by atoms with E-state index in [1.807, 2.05) is 0 Å². The highest BCUT2D eigenvalue weighted by molar-refractivity contribution is 5.74. The number of carbonyl (C=O) groups excluding carboxylic acids is 1. The third-order valence-electron chi connectivity index (χ3n) is 6.01. The quantitative estimate of drug-likeness (QED) is 0.727. The molecule has 0 spiro atoms. The van der Waals surface area contributed by atoms with Crippen molar-refractivity contribution in [1.29, 1.82) is 0 Å². The molecule has 0 aromatic heterocycles. The van der Waals surface area contributed by atoms with Crippen molar-refractivity contribution in [2.45, 2.75) is 44.6 Å². The highest BCUT2D eigenvalue weighted by Gasteiger charge is 2.54. The van der Waals surface area contributed by atoms with Gasteiger partial charge in [0, 0.05) is 13.6 Å². The summed E-state index contributed by atoms with van der Waals surface area (Å²) in [4.78, 5) is 11.7. The lowest BCUT2D eigenvalue weighted by Gasteiger charge is -2.59. The van der Waals surface area contributed by atoms with Gasteiger partial charge >= 0.3 is 6.03 Å². The Morgan fingerprint density at radius 1 is 1.16 bits per heavy atom. The first-order valence-electron chi connectivity index (χ1n) is 7.75. The number of carbonyl (C=O) groups is 1. The molecule has 1 atom stereocenters.